The summed E-state index contributed by atoms with van der Waals surface area (Å²) in [5.74, 6) is -4.67. The number of rotatable bonds is 2. The molecule has 3 nitrogen and oxygen atoms in total. The molecule has 2 aromatic carbocycles. The Kier molecular flexibility index (Phi) is 3.29. The fourth-order valence-corrected chi connectivity index (χ4v) is 2.31. The van der Waals surface area contributed by atoms with E-state index < -0.39 is 29.4 Å². The molecule has 0 saturated heterocycles. The number of carbonyl (C=O) groups excluding carboxylic acids is 1. The van der Waals surface area contributed by atoms with Crippen molar-refractivity contribution in [3.63, 3.8) is 0 Å². The zero-order valence-corrected chi connectivity index (χ0v) is 10.8. The van der Waals surface area contributed by atoms with E-state index in [9.17, 15) is 18.0 Å². The minimum Gasteiger partial charge on any atom is -0.373 e. The summed E-state index contributed by atoms with van der Waals surface area (Å²) in [4.78, 5) is 12.1. The maximum absolute atomic E-state index is 13.1. The Bertz CT molecular complexity index is 670. The van der Waals surface area contributed by atoms with Crippen LogP contribution in [-0.2, 0) is 11.2 Å². The number of para-hydroxylation sites is 1. The number of nitrogens with one attached hydrogen (secondary N) is 2. The van der Waals surface area contributed by atoms with Gasteiger partial charge in [0.25, 0.3) is 0 Å². The monoisotopic (exact) mass is 292 g/mol. The van der Waals surface area contributed by atoms with E-state index in [1.165, 1.54) is 0 Å². The summed E-state index contributed by atoms with van der Waals surface area (Å²) < 4.78 is 39.1. The molecule has 108 valence electrons. The summed E-state index contributed by atoms with van der Waals surface area (Å²) in [6.07, 6.45) is 0.480. The Morgan fingerprint density at radius 2 is 1.81 bits per heavy atom. The third-order valence-electron chi connectivity index (χ3n) is 3.34. The summed E-state index contributed by atoms with van der Waals surface area (Å²) in [5, 5.41) is 5.40. The molecule has 21 heavy (non-hydrogen) atoms. The third kappa shape index (κ3) is 2.56. The van der Waals surface area contributed by atoms with Crippen LogP contribution in [0.25, 0.3) is 0 Å². The first-order valence-corrected chi connectivity index (χ1v) is 6.34. The molecular formula is C15H11F3N2O. The number of halogens is 3. The highest BCUT2D eigenvalue weighted by Crippen LogP contribution is 2.26. The van der Waals surface area contributed by atoms with E-state index in [1.807, 2.05) is 24.3 Å². The molecule has 0 aromatic heterocycles. The van der Waals surface area contributed by atoms with Gasteiger partial charge < -0.3 is 10.6 Å². The van der Waals surface area contributed by atoms with Gasteiger partial charge >= 0.3 is 0 Å². The average Bonchev–Trinajstić information content (AvgIpc) is 2.88. The molecule has 0 fully saturated rings. The van der Waals surface area contributed by atoms with Gasteiger partial charge in [0.15, 0.2) is 17.5 Å². The van der Waals surface area contributed by atoms with Gasteiger partial charge in [-0.3, -0.25) is 4.79 Å². The standard InChI is InChI=1S/C15H11F3N2O/c16-10-6-9(7-11(17)14(10)18)19-15(21)13-5-8-3-1-2-4-12(8)20-13/h1-4,6-7,13,20H,5H2,(H,19,21)/t13-/m0/s1. The van der Waals surface area contributed by atoms with E-state index in [4.69, 9.17) is 0 Å². The minimum atomic E-state index is -1.56. The number of amides is 1. The summed E-state index contributed by atoms with van der Waals surface area (Å²) in [5.41, 5.74) is 1.73. The molecule has 0 aliphatic carbocycles. The number of carbonyl (C=O) groups is 1. The van der Waals surface area contributed by atoms with Gasteiger partial charge in [-0.15, -0.1) is 0 Å². The predicted octanol–water partition coefficient (Wildman–Crippen LogP) is 3.08. The van der Waals surface area contributed by atoms with E-state index in [2.05, 4.69) is 10.6 Å². The number of anilines is 2. The summed E-state index contributed by atoms with van der Waals surface area (Å²) >= 11 is 0. The van der Waals surface area contributed by atoms with Gasteiger partial charge in [0.05, 0.1) is 0 Å². The molecule has 0 unspecified atom stereocenters. The highest BCUT2D eigenvalue weighted by molar-refractivity contribution is 5.98. The Morgan fingerprint density at radius 3 is 2.48 bits per heavy atom. The van der Waals surface area contributed by atoms with Gasteiger partial charge in [0, 0.05) is 29.9 Å². The molecule has 3 rings (SSSR count). The van der Waals surface area contributed by atoms with Crippen LogP contribution < -0.4 is 10.6 Å². The second kappa shape index (κ2) is 5.12. The van der Waals surface area contributed by atoms with Crippen molar-refractivity contribution in [3.8, 4) is 0 Å². The molecular weight excluding hydrogens is 281 g/mol. The topological polar surface area (TPSA) is 41.1 Å². The lowest BCUT2D eigenvalue weighted by Gasteiger charge is -2.12. The molecule has 0 saturated carbocycles. The number of hydrogen-bond acceptors (Lipinski definition) is 2. The van der Waals surface area contributed by atoms with Crippen molar-refractivity contribution in [3.05, 3.63) is 59.4 Å². The molecule has 2 aromatic rings. The first kappa shape index (κ1) is 13.5. The fraction of sp³-hybridized carbons (Fsp3) is 0.133. The maximum atomic E-state index is 13.1. The Morgan fingerprint density at radius 1 is 1.14 bits per heavy atom. The number of fused-ring (bicyclic) bond motifs is 1. The SMILES string of the molecule is O=C(Nc1cc(F)c(F)c(F)c1)[C@@H]1Cc2ccccc2N1. The van der Waals surface area contributed by atoms with Crippen LogP contribution >= 0.6 is 0 Å². The second-order valence-electron chi connectivity index (χ2n) is 4.80. The number of hydrogen-bond donors (Lipinski definition) is 2. The molecule has 2 N–H and O–H groups in total. The maximum Gasteiger partial charge on any atom is 0.247 e. The Labute approximate surface area is 118 Å². The van der Waals surface area contributed by atoms with E-state index in [-0.39, 0.29) is 5.69 Å². The lowest BCUT2D eigenvalue weighted by atomic mass is 10.1. The van der Waals surface area contributed by atoms with Crippen molar-refractivity contribution in [2.75, 3.05) is 10.6 Å². The van der Waals surface area contributed by atoms with Gasteiger partial charge in [-0.25, -0.2) is 13.2 Å². The zero-order valence-electron chi connectivity index (χ0n) is 10.8. The highest BCUT2D eigenvalue weighted by atomic mass is 19.2. The van der Waals surface area contributed by atoms with Gasteiger partial charge in [-0.05, 0) is 11.6 Å². The van der Waals surface area contributed by atoms with E-state index >= 15 is 0 Å². The van der Waals surface area contributed by atoms with E-state index in [0.717, 1.165) is 23.4 Å². The van der Waals surface area contributed by atoms with Gasteiger partial charge in [-0.1, -0.05) is 18.2 Å². The van der Waals surface area contributed by atoms with Crippen molar-refractivity contribution >= 4 is 17.3 Å². The molecule has 0 radical (unpaired) electrons. The van der Waals surface area contributed by atoms with Crippen LogP contribution in [0.5, 0.6) is 0 Å². The molecule has 1 amide bonds. The molecule has 1 atom stereocenters. The molecule has 1 aliphatic heterocycles. The molecule has 1 aliphatic rings. The van der Waals surface area contributed by atoms with Crippen LogP contribution in [0.2, 0.25) is 0 Å². The second-order valence-corrected chi connectivity index (χ2v) is 4.80. The molecule has 0 spiro atoms. The normalized spacial score (nSPS) is 16.2. The molecule has 0 bridgehead atoms. The fourth-order valence-electron chi connectivity index (χ4n) is 2.31. The zero-order chi connectivity index (χ0) is 15.0. The van der Waals surface area contributed by atoms with E-state index in [0.29, 0.717) is 6.42 Å². The van der Waals surface area contributed by atoms with Crippen LogP contribution in [0.3, 0.4) is 0 Å². The highest BCUT2D eigenvalue weighted by Gasteiger charge is 2.26. The lowest BCUT2D eigenvalue weighted by molar-refractivity contribution is -0.116. The van der Waals surface area contributed by atoms with Crippen LogP contribution in [0.15, 0.2) is 36.4 Å². The molecule has 1 heterocycles. The summed E-state index contributed by atoms with van der Waals surface area (Å²) in [7, 11) is 0. The quantitative estimate of drug-likeness (QED) is 0.835. The van der Waals surface area contributed by atoms with Crippen LogP contribution in [0, 0.1) is 17.5 Å². The molecule has 6 heteroatoms. The van der Waals surface area contributed by atoms with Crippen LogP contribution in [-0.4, -0.2) is 11.9 Å². The third-order valence-corrected chi connectivity index (χ3v) is 3.34. The van der Waals surface area contributed by atoms with Crippen molar-refractivity contribution in [1.82, 2.24) is 0 Å². The lowest BCUT2D eigenvalue weighted by Crippen LogP contribution is -2.32. The summed E-state index contributed by atoms with van der Waals surface area (Å²) in [6, 6.07) is 8.42. The van der Waals surface area contributed by atoms with Gasteiger partial charge in [-0.2, -0.15) is 0 Å². The summed E-state index contributed by atoms with van der Waals surface area (Å²) in [6.45, 7) is 0. The Balaban J connectivity index is 1.74. The van der Waals surface area contributed by atoms with Crippen LogP contribution in [0.4, 0.5) is 24.5 Å². The number of benzene rings is 2. The first-order valence-electron chi connectivity index (χ1n) is 6.34. The van der Waals surface area contributed by atoms with E-state index in [1.54, 1.807) is 0 Å². The van der Waals surface area contributed by atoms with Gasteiger partial charge in [0.1, 0.15) is 6.04 Å². The van der Waals surface area contributed by atoms with Crippen molar-refractivity contribution in [2.24, 2.45) is 0 Å². The average molecular weight is 292 g/mol. The smallest absolute Gasteiger partial charge is 0.247 e. The van der Waals surface area contributed by atoms with Crippen LogP contribution in [0.1, 0.15) is 5.56 Å². The first-order chi connectivity index (χ1) is 10.0. The predicted molar refractivity (Wildman–Crippen MR) is 72.5 cm³/mol. The van der Waals surface area contributed by atoms with Crippen molar-refractivity contribution < 1.29 is 18.0 Å². The van der Waals surface area contributed by atoms with Crippen molar-refractivity contribution in [1.29, 1.82) is 0 Å². The van der Waals surface area contributed by atoms with Crippen molar-refractivity contribution in [2.45, 2.75) is 12.5 Å². The Hall–Kier alpha value is -2.50. The largest absolute Gasteiger partial charge is 0.373 e. The minimum absolute atomic E-state index is 0.117. The van der Waals surface area contributed by atoms with Gasteiger partial charge in [0.2, 0.25) is 5.91 Å².